The van der Waals surface area contributed by atoms with Crippen LogP contribution in [0, 0.1) is 12.3 Å². The van der Waals surface area contributed by atoms with Gasteiger partial charge in [0.05, 0.1) is 17.1 Å². The Bertz CT molecular complexity index is 1190. The van der Waals surface area contributed by atoms with Gasteiger partial charge < -0.3 is 10.4 Å². The Balaban J connectivity index is 2.20. The van der Waals surface area contributed by atoms with E-state index in [4.69, 9.17) is 6.42 Å². The van der Waals surface area contributed by atoms with E-state index in [1.54, 1.807) is 11.5 Å². The molecule has 4 rings (SSSR count). The molecule has 1 atom stereocenters. The standard InChI is InChI=1S/C23H20N2O3/c1-3-15-12-13-16-8-7-11-18-19(16)20(15)22(26)25(17-9-5-4-6-10-17)21(18)14(2)24-23(27)28/h1,4-6,9-10,12-14,24H,7-8,11H2,2H3,(H,27,28). The summed E-state index contributed by atoms with van der Waals surface area (Å²) in [7, 11) is 0. The van der Waals surface area contributed by atoms with Gasteiger partial charge in [-0.15, -0.1) is 6.42 Å². The summed E-state index contributed by atoms with van der Waals surface area (Å²) >= 11 is 0. The highest BCUT2D eigenvalue weighted by molar-refractivity contribution is 5.94. The van der Waals surface area contributed by atoms with Crippen LogP contribution in [0.15, 0.2) is 47.3 Å². The highest BCUT2D eigenvalue weighted by Gasteiger charge is 2.27. The topological polar surface area (TPSA) is 71.3 Å². The van der Waals surface area contributed by atoms with Gasteiger partial charge in [-0.3, -0.25) is 9.36 Å². The lowest BCUT2D eigenvalue weighted by Crippen LogP contribution is -2.33. The summed E-state index contributed by atoms with van der Waals surface area (Å²) in [5.41, 5.74) is 3.83. The van der Waals surface area contributed by atoms with E-state index < -0.39 is 12.1 Å². The quantitative estimate of drug-likeness (QED) is 0.687. The van der Waals surface area contributed by atoms with Crippen molar-refractivity contribution in [3.05, 3.63) is 75.2 Å². The number of aromatic nitrogens is 1. The van der Waals surface area contributed by atoms with Crippen molar-refractivity contribution < 1.29 is 9.90 Å². The molecular weight excluding hydrogens is 352 g/mol. The fourth-order valence-electron chi connectivity index (χ4n) is 4.28. The number of pyridine rings is 1. The van der Waals surface area contributed by atoms with Gasteiger partial charge >= 0.3 is 6.09 Å². The number of hydrogen-bond acceptors (Lipinski definition) is 2. The minimum atomic E-state index is -1.12. The number of benzene rings is 2. The van der Waals surface area contributed by atoms with Gasteiger partial charge in [0.15, 0.2) is 0 Å². The number of terminal acetylenes is 1. The van der Waals surface area contributed by atoms with Crippen LogP contribution in [-0.2, 0) is 12.8 Å². The van der Waals surface area contributed by atoms with Gasteiger partial charge in [0, 0.05) is 11.3 Å². The Morgan fingerprint density at radius 3 is 2.61 bits per heavy atom. The summed E-state index contributed by atoms with van der Waals surface area (Å²) in [5, 5.41) is 13.2. The molecule has 0 saturated carbocycles. The number of aryl methyl sites for hydroxylation is 2. The Labute approximate surface area is 162 Å². The lowest BCUT2D eigenvalue weighted by molar-refractivity contribution is 0.190. The first-order valence-corrected chi connectivity index (χ1v) is 9.27. The number of rotatable bonds is 3. The van der Waals surface area contributed by atoms with Crippen molar-refractivity contribution in [2.24, 2.45) is 0 Å². The van der Waals surface area contributed by atoms with Gasteiger partial charge in [-0.1, -0.05) is 30.2 Å². The third-order valence-electron chi connectivity index (χ3n) is 5.35. The molecule has 28 heavy (non-hydrogen) atoms. The van der Waals surface area contributed by atoms with E-state index in [9.17, 15) is 14.7 Å². The molecule has 1 aliphatic carbocycles. The first-order chi connectivity index (χ1) is 13.5. The zero-order valence-electron chi connectivity index (χ0n) is 15.5. The molecule has 0 fully saturated rings. The van der Waals surface area contributed by atoms with E-state index in [2.05, 4.69) is 11.2 Å². The lowest BCUT2D eigenvalue weighted by atomic mass is 9.85. The molecule has 1 heterocycles. The molecule has 0 saturated heterocycles. The number of amides is 1. The van der Waals surface area contributed by atoms with Gasteiger partial charge in [-0.25, -0.2) is 4.79 Å². The SMILES string of the molecule is C#Cc1ccc2c3c(c(C(C)NC(=O)O)n(-c4ccccc4)c(=O)c13)CCC2. The second kappa shape index (κ2) is 6.90. The van der Waals surface area contributed by atoms with E-state index in [1.165, 1.54) is 0 Å². The first kappa shape index (κ1) is 17.9. The molecule has 140 valence electrons. The van der Waals surface area contributed by atoms with Crippen LogP contribution in [0.1, 0.15) is 41.8 Å². The highest BCUT2D eigenvalue weighted by Crippen LogP contribution is 2.35. The van der Waals surface area contributed by atoms with E-state index in [0.717, 1.165) is 35.8 Å². The molecule has 5 heteroatoms. The third-order valence-corrected chi connectivity index (χ3v) is 5.35. The van der Waals surface area contributed by atoms with Crippen molar-refractivity contribution in [2.75, 3.05) is 0 Å². The zero-order valence-corrected chi connectivity index (χ0v) is 15.5. The van der Waals surface area contributed by atoms with Crippen LogP contribution >= 0.6 is 0 Å². The van der Waals surface area contributed by atoms with E-state index in [0.29, 0.717) is 22.3 Å². The fourth-order valence-corrected chi connectivity index (χ4v) is 4.28. The van der Waals surface area contributed by atoms with Crippen molar-refractivity contribution in [3.8, 4) is 18.0 Å². The van der Waals surface area contributed by atoms with Gasteiger partial charge in [-0.05, 0) is 60.9 Å². The Morgan fingerprint density at radius 1 is 1.18 bits per heavy atom. The van der Waals surface area contributed by atoms with Crippen LogP contribution in [-0.4, -0.2) is 15.8 Å². The predicted octanol–water partition coefficient (Wildman–Crippen LogP) is 3.79. The molecule has 2 aromatic carbocycles. The monoisotopic (exact) mass is 372 g/mol. The molecule has 1 unspecified atom stereocenters. The highest BCUT2D eigenvalue weighted by atomic mass is 16.4. The van der Waals surface area contributed by atoms with Crippen molar-refractivity contribution in [1.29, 1.82) is 0 Å². The van der Waals surface area contributed by atoms with E-state index in [1.807, 2.05) is 42.5 Å². The number of nitrogens with one attached hydrogen (secondary N) is 1. The molecule has 1 amide bonds. The Kier molecular flexibility index (Phi) is 4.40. The molecule has 5 nitrogen and oxygen atoms in total. The van der Waals surface area contributed by atoms with E-state index >= 15 is 0 Å². The largest absolute Gasteiger partial charge is 0.465 e. The van der Waals surface area contributed by atoms with Crippen LogP contribution < -0.4 is 10.9 Å². The molecule has 2 N–H and O–H groups in total. The number of carbonyl (C=O) groups is 1. The summed E-state index contributed by atoms with van der Waals surface area (Å²) in [5.74, 6) is 2.65. The Morgan fingerprint density at radius 2 is 1.93 bits per heavy atom. The van der Waals surface area contributed by atoms with Gasteiger partial charge in [-0.2, -0.15) is 0 Å². The van der Waals surface area contributed by atoms with Crippen LogP contribution in [0.25, 0.3) is 16.5 Å². The number of carboxylic acid groups (broad SMARTS) is 1. The summed E-state index contributed by atoms with van der Waals surface area (Å²) in [6, 6.07) is 12.6. The summed E-state index contributed by atoms with van der Waals surface area (Å²) in [6.07, 6.45) is 7.17. The molecular formula is C23H20N2O3. The van der Waals surface area contributed by atoms with Crippen molar-refractivity contribution >= 4 is 16.9 Å². The molecule has 1 aromatic heterocycles. The normalized spacial score (nSPS) is 13.7. The first-order valence-electron chi connectivity index (χ1n) is 9.27. The number of hydrogen-bond donors (Lipinski definition) is 2. The summed E-state index contributed by atoms with van der Waals surface area (Å²) in [4.78, 5) is 25.0. The van der Waals surface area contributed by atoms with Crippen LogP contribution in [0.4, 0.5) is 4.79 Å². The van der Waals surface area contributed by atoms with Gasteiger partial charge in [0.25, 0.3) is 5.56 Å². The van der Waals surface area contributed by atoms with Gasteiger partial charge in [0.2, 0.25) is 0 Å². The molecule has 0 spiro atoms. The van der Waals surface area contributed by atoms with Crippen molar-refractivity contribution in [1.82, 2.24) is 9.88 Å². The van der Waals surface area contributed by atoms with Crippen molar-refractivity contribution in [3.63, 3.8) is 0 Å². The maximum absolute atomic E-state index is 13.7. The molecule has 0 radical (unpaired) electrons. The number of nitrogens with zero attached hydrogens (tertiary/aromatic N) is 1. The number of para-hydroxylation sites is 1. The summed E-state index contributed by atoms with van der Waals surface area (Å²) in [6.45, 7) is 1.77. The molecule has 3 aromatic rings. The molecule has 1 aliphatic rings. The maximum Gasteiger partial charge on any atom is 0.405 e. The summed E-state index contributed by atoms with van der Waals surface area (Å²) < 4.78 is 1.62. The van der Waals surface area contributed by atoms with Crippen LogP contribution in [0.2, 0.25) is 0 Å². The molecule has 0 bridgehead atoms. The second-order valence-corrected chi connectivity index (χ2v) is 7.03. The minimum absolute atomic E-state index is 0.212. The Hall–Kier alpha value is -3.52. The third kappa shape index (κ3) is 2.74. The average molecular weight is 372 g/mol. The van der Waals surface area contributed by atoms with Crippen molar-refractivity contribution in [2.45, 2.75) is 32.2 Å². The minimum Gasteiger partial charge on any atom is -0.465 e. The van der Waals surface area contributed by atoms with Crippen LogP contribution in [0.5, 0.6) is 0 Å². The molecule has 0 aliphatic heterocycles. The lowest BCUT2D eigenvalue weighted by Gasteiger charge is -2.27. The average Bonchev–Trinajstić information content (AvgIpc) is 2.70. The smallest absolute Gasteiger partial charge is 0.405 e. The van der Waals surface area contributed by atoms with Crippen LogP contribution in [0.3, 0.4) is 0 Å². The second-order valence-electron chi connectivity index (χ2n) is 7.03. The van der Waals surface area contributed by atoms with E-state index in [-0.39, 0.29) is 5.56 Å². The predicted molar refractivity (Wildman–Crippen MR) is 109 cm³/mol. The van der Waals surface area contributed by atoms with Gasteiger partial charge in [0.1, 0.15) is 0 Å². The fraction of sp³-hybridized carbons (Fsp3) is 0.217. The maximum atomic E-state index is 13.7. The zero-order chi connectivity index (χ0) is 19.8.